The zero-order chi connectivity index (χ0) is 31.8. The first-order chi connectivity index (χ1) is 21.2. The van der Waals surface area contributed by atoms with E-state index in [-0.39, 0.29) is 54.9 Å². The number of rotatable bonds is 17. The Morgan fingerprint density at radius 3 is 2.23 bits per heavy atom. The molecule has 0 saturated heterocycles. The second-order valence-electron chi connectivity index (χ2n) is 10.0. The zero-order valence-corrected chi connectivity index (χ0v) is 26.9. The van der Waals surface area contributed by atoms with E-state index in [4.69, 9.17) is 28.4 Å². The molecular formula is C32H35FO9S2. The van der Waals surface area contributed by atoms with Crippen molar-refractivity contribution in [2.24, 2.45) is 5.92 Å². The number of thiophene rings is 2. The number of carbonyl (C=O) groups excluding carboxylic acids is 3. The van der Waals surface area contributed by atoms with E-state index in [0.29, 0.717) is 38.8 Å². The van der Waals surface area contributed by atoms with E-state index >= 15 is 4.39 Å². The van der Waals surface area contributed by atoms with Gasteiger partial charge in [0.2, 0.25) is 0 Å². The molecule has 1 unspecified atom stereocenters. The monoisotopic (exact) mass is 646 g/mol. The number of ketones is 2. The topological polar surface area (TPSA) is 107 Å². The van der Waals surface area contributed by atoms with Crippen LogP contribution in [-0.2, 0) is 14.3 Å². The summed E-state index contributed by atoms with van der Waals surface area (Å²) < 4.78 is 49.6. The average molecular weight is 647 g/mol. The molecule has 0 N–H and O–H groups in total. The van der Waals surface area contributed by atoms with Gasteiger partial charge in [0, 0.05) is 53.3 Å². The molecule has 4 rings (SSSR count). The van der Waals surface area contributed by atoms with Crippen LogP contribution in [0.15, 0.2) is 30.3 Å². The fraction of sp³-hybridized carbons (Fsp3) is 0.406. The van der Waals surface area contributed by atoms with Crippen molar-refractivity contribution in [2.75, 3.05) is 41.3 Å². The Labute approximate surface area is 262 Å². The Kier molecular flexibility index (Phi) is 11.5. The number of hydrogen-bond acceptors (Lipinski definition) is 11. The Hall–Kier alpha value is -3.74. The average Bonchev–Trinajstić information content (AvgIpc) is 3.64. The number of hydrogen-bond donors (Lipinski definition) is 0. The molecule has 12 heteroatoms. The maximum atomic E-state index is 15.6. The van der Waals surface area contributed by atoms with E-state index < -0.39 is 17.7 Å². The predicted octanol–water partition coefficient (Wildman–Crippen LogP) is 7.46. The molecule has 44 heavy (non-hydrogen) atoms. The summed E-state index contributed by atoms with van der Waals surface area (Å²) in [5.74, 6) is -0.789. The van der Waals surface area contributed by atoms with Gasteiger partial charge in [-0.3, -0.25) is 14.4 Å². The lowest BCUT2D eigenvalue weighted by atomic mass is 10.0. The third-order valence-corrected chi connectivity index (χ3v) is 8.99. The number of methoxy groups -OCH3 is 3. The van der Waals surface area contributed by atoms with E-state index in [1.807, 2.05) is 25.1 Å². The lowest BCUT2D eigenvalue weighted by Crippen LogP contribution is -2.16. The summed E-state index contributed by atoms with van der Waals surface area (Å²) >= 11 is 2.54. The van der Waals surface area contributed by atoms with E-state index in [2.05, 4.69) is 0 Å². The first kappa shape index (κ1) is 33.2. The molecular weight excluding hydrogens is 611 g/mol. The van der Waals surface area contributed by atoms with E-state index in [1.54, 1.807) is 13.0 Å². The molecule has 0 aliphatic carbocycles. The van der Waals surface area contributed by atoms with Gasteiger partial charge in [0.05, 0.1) is 43.1 Å². The predicted molar refractivity (Wildman–Crippen MR) is 168 cm³/mol. The van der Waals surface area contributed by atoms with Gasteiger partial charge in [0.25, 0.3) is 0 Å². The van der Waals surface area contributed by atoms with Gasteiger partial charge in [-0.15, -0.1) is 22.7 Å². The summed E-state index contributed by atoms with van der Waals surface area (Å²) in [6.45, 7) is 3.97. The highest BCUT2D eigenvalue weighted by Gasteiger charge is 2.23. The summed E-state index contributed by atoms with van der Waals surface area (Å²) in [6, 6.07) is 8.63. The van der Waals surface area contributed by atoms with Crippen molar-refractivity contribution in [1.29, 1.82) is 0 Å². The van der Waals surface area contributed by atoms with Crippen molar-refractivity contribution in [3.63, 3.8) is 0 Å². The van der Waals surface area contributed by atoms with Crippen LogP contribution in [0.25, 0.3) is 20.2 Å². The van der Waals surface area contributed by atoms with Crippen molar-refractivity contribution in [1.82, 2.24) is 0 Å². The maximum absolute atomic E-state index is 15.6. The van der Waals surface area contributed by atoms with E-state index in [1.165, 1.54) is 38.7 Å². The van der Waals surface area contributed by atoms with Crippen LogP contribution in [0.5, 0.6) is 23.0 Å². The van der Waals surface area contributed by atoms with Crippen molar-refractivity contribution in [3.05, 3.63) is 45.9 Å². The van der Waals surface area contributed by atoms with Gasteiger partial charge in [-0.25, -0.2) is 4.39 Å². The lowest BCUT2D eigenvalue weighted by Gasteiger charge is -2.14. The number of esters is 1. The van der Waals surface area contributed by atoms with E-state index in [9.17, 15) is 14.4 Å². The molecule has 236 valence electrons. The first-order valence-corrected chi connectivity index (χ1v) is 15.7. The molecule has 0 saturated carbocycles. The molecule has 2 aromatic carbocycles. The normalized spacial score (nSPS) is 11.9. The molecule has 2 heterocycles. The quantitative estimate of drug-likeness (QED) is 0.0500. The minimum absolute atomic E-state index is 0.0275. The van der Waals surface area contributed by atoms with Crippen molar-refractivity contribution in [3.8, 4) is 23.0 Å². The third kappa shape index (κ3) is 7.66. The number of carbonyl (C=O) groups is 3. The molecule has 0 aliphatic heterocycles. The van der Waals surface area contributed by atoms with Crippen LogP contribution in [0.4, 0.5) is 4.39 Å². The Morgan fingerprint density at radius 1 is 0.841 bits per heavy atom. The molecule has 0 aliphatic rings. The van der Waals surface area contributed by atoms with Crippen LogP contribution >= 0.6 is 22.7 Å². The first-order valence-electron chi connectivity index (χ1n) is 14.1. The van der Waals surface area contributed by atoms with Crippen molar-refractivity contribution in [2.45, 2.75) is 39.5 Å². The van der Waals surface area contributed by atoms with Gasteiger partial charge in [0.1, 0.15) is 0 Å². The Morgan fingerprint density at radius 2 is 1.52 bits per heavy atom. The fourth-order valence-corrected chi connectivity index (χ4v) is 6.56. The largest absolute Gasteiger partial charge is 0.493 e. The molecule has 0 bridgehead atoms. The third-order valence-electron chi connectivity index (χ3n) is 6.73. The minimum atomic E-state index is -0.636. The molecule has 0 fully saturated rings. The highest BCUT2D eigenvalue weighted by atomic mass is 32.1. The van der Waals surface area contributed by atoms with Gasteiger partial charge in [-0.1, -0.05) is 13.8 Å². The number of ether oxygens (including phenoxy) is 6. The lowest BCUT2D eigenvalue weighted by molar-refractivity contribution is -0.144. The van der Waals surface area contributed by atoms with Gasteiger partial charge < -0.3 is 28.4 Å². The molecule has 0 spiro atoms. The van der Waals surface area contributed by atoms with Crippen molar-refractivity contribution >= 4 is 60.4 Å². The fourth-order valence-electron chi connectivity index (χ4n) is 4.48. The highest BCUT2D eigenvalue weighted by molar-refractivity contribution is 7.21. The number of Topliss-reactive ketones (excluding diaryl/α,β-unsaturated/α-hetero) is 2. The second-order valence-corrected chi connectivity index (χ2v) is 12.2. The minimum Gasteiger partial charge on any atom is -0.493 e. The number of fused-ring (bicyclic) bond motifs is 2. The summed E-state index contributed by atoms with van der Waals surface area (Å²) in [4.78, 5) is 37.9. The SMILES string of the molecule is CCCC(=O)c1cc2cc(OCCCOc3c(OC)cc4sc(C(=O)CC(C)C(=O)OC)cc4c3F)c(OCOC)cc2s1. The van der Waals surface area contributed by atoms with Gasteiger partial charge in [-0.2, -0.15) is 0 Å². The summed E-state index contributed by atoms with van der Waals surface area (Å²) in [6.07, 6.45) is 1.63. The molecule has 0 radical (unpaired) electrons. The molecule has 1 atom stereocenters. The molecule has 4 aromatic rings. The van der Waals surface area contributed by atoms with Crippen LogP contribution in [0, 0.1) is 11.7 Å². The molecule has 0 amide bonds. The standard InChI is InChI=1S/C32H35FO9S2/c1-6-8-21(34)28-13-19-12-23(24(42-17-37-3)15-26(19)43-28)40-9-7-10-41-31-25(38-4)16-27-20(30(31)33)14-29(44-27)22(35)11-18(2)32(36)39-5/h12-16,18H,6-11,17H2,1-5H3. The zero-order valence-electron chi connectivity index (χ0n) is 25.3. The smallest absolute Gasteiger partial charge is 0.308 e. The van der Waals surface area contributed by atoms with Gasteiger partial charge in [0.15, 0.2) is 47.2 Å². The number of halogens is 1. The summed E-state index contributed by atoms with van der Waals surface area (Å²) in [5, 5.41) is 1.11. The van der Waals surface area contributed by atoms with Crippen LogP contribution < -0.4 is 18.9 Å². The summed E-state index contributed by atoms with van der Waals surface area (Å²) in [7, 11) is 4.20. The number of benzene rings is 2. The van der Waals surface area contributed by atoms with Crippen LogP contribution in [-0.4, -0.2) is 58.9 Å². The summed E-state index contributed by atoms with van der Waals surface area (Å²) in [5.41, 5.74) is 0. The second kappa shape index (κ2) is 15.3. The van der Waals surface area contributed by atoms with Crippen molar-refractivity contribution < 1.29 is 47.2 Å². The Bertz CT molecular complexity index is 1640. The van der Waals surface area contributed by atoms with E-state index in [0.717, 1.165) is 27.8 Å². The molecule has 9 nitrogen and oxygen atoms in total. The highest BCUT2D eigenvalue weighted by Crippen LogP contribution is 2.41. The van der Waals surface area contributed by atoms with Crippen LogP contribution in [0.3, 0.4) is 0 Å². The van der Waals surface area contributed by atoms with Crippen LogP contribution in [0.2, 0.25) is 0 Å². The molecule has 2 aromatic heterocycles. The maximum Gasteiger partial charge on any atom is 0.308 e. The van der Waals surface area contributed by atoms with Crippen LogP contribution in [0.1, 0.15) is 58.9 Å². The van der Waals surface area contributed by atoms with Gasteiger partial charge in [-0.05, 0) is 30.0 Å². The Balaban J connectivity index is 1.43. The van der Waals surface area contributed by atoms with Gasteiger partial charge >= 0.3 is 5.97 Å².